The second-order valence-electron chi connectivity index (χ2n) is 8.63. The molecule has 0 bridgehead atoms. The van der Waals surface area contributed by atoms with E-state index in [1.165, 1.54) is 31.2 Å². The fraction of sp³-hybridized carbons (Fsp3) is 0.400. The Kier molecular flexibility index (Phi) is 5.79. The number of likely N-dealkylation sites (tertiary alicyclic amines) is 1. The van der Waals surface area contributed by atoms with E-state index in [1.54, 1.807) is 17.0 Å². The predicted octanol–water partition coefficient (Wildman–Crippen LogP) is 4.31. The van der Waals surface area contributed by atoms with Crippen molar-refractivity contribution in [3.8, 4) is 0 Å². The summed E-state index contributed by atoms with van der Waals surface area (Å²) >= 11 is 0. The van der Waals surface area contributed by atoms with Crippen molar-refractivity contribution in [3.05, 3.63) is 54.7 Å². The molecule has 166 valence electrons. The van der Waals surface area contributed by atoms with Gasteiger partial charge in [0.25, 0.3) is 5.91 Å². The molecule has 2 amide bonds. The second kappa shape index (κ2) is 9.02. The standard InChI is InChI=1S/C25H28N4O3/c30-24(18-9-14-29(15-10-18)25(31)23-5-4-16-32-23)27-21-6-7-22(28-12-2-1-3-13-28)19-8-11-26-17-20(19)21/h4-8,11,16-18H,1-3,9-10,12-15H2,(H,27,30). The highest BCUT2D eigenvalue weighted by atomic mass is 16.3. The minimum atomic E-state index is -0.121. The highest BCUT2D eigenvalue weighted by Gasteiger charge is 2.29. The first kappa shape index (κ1) is 20.5. The van der Waals surface area contributed by atoms with E-state index in [0.29, 0.717) is 31.7 Å². The molecular weight excluding hydrogens is 404 g/mol. The van der Waals surface area contributed by atoms with Crippen molar-refractivity contribution in [2.75, 3.05) is 36.4 Å². The number of fused-ring (bicyclic) bond motifs is 1. The maximum Gasteiger partial charge on any atom is 0.289 e. The second-order valence-corrected chi connectivity index (χ2v) is 8.63. The minimum Gasteiger partial charge on any atom is -0.459 e. The summed E-state index contributed by atoms with van der Waals surface area (Å²) in [5.74, 6) is 0.120. The zero-order chi connectivity index (χ0) is 21.9. The Labute approximate surface area is 187 Å². The molecule has 0 atom stereocenters. The van der Waals surface area contributed by atoms with E-state index in [-0.39, 0.29) is 17.7 Å². The van der Waals surface area contributed by atoms with E-state index >= 15 is 0 Å². The van der Waals surface area contributed by atoms with Crippen molar-refractivity contribution in [2.24, 2.45) is 5.92 Å². The first-order valence-corrected chi connectivity index (χ1v) is 11.5. The van der Waals surface area contributed by atoms with Crippen LogP contribution < -0.4 is 10.2 Å². The molecular formula is C25H28N4O3. The molecule has 1 N–H and O–H groups in total. The molecule has 4 heterocycles. The van der Waals surface area contributed by atoms with Gasteiger partial charge in [0.05, 0.1) is 12.0 Å². The van der Waals surface area contributed by atoms with Crippen LogP contribution in [0.5, 0.6) is 0 Å². The summed E-state index contributed by atoms with van der Waals surface area (Å²) in [6.07, 6.45) is 10.1. The summed E-state index contributed by atoms with van der Waals surface area (Å²) in [5, 5.41) is 5.23. The van der Waals surface area contributed by atoms with Crippen LogP contribution in [0.15, 0.2) is 53.4 Å². The third-order valence-electron chi connectivity index (χ3n) is 6.63. The molecule has 0 spiro atoms. The Hall–Kier alpha value is -3.35. The molecule has 0 unspecified atom stereocenters. The summed E-state index contributed by atoms with van der Waals surface area (Å²) in [5.41, 5.74) is 2.01. The number of amides is 2. The normalized spacial score (nSPS) is 17.5. The molecule has 7 nitrogen and oxygen atoms in total. The first-order chi connectivity index (χ1) is 15.7. The number of pyridine rings is 1. The Morgan fingerprint density at radius 3 is 2.53 bits per heavy atom. The summed E-state index contributed by atoms with van der Waals surface area (Å²) in [4.78, 5) is 34.0. The lowest BCUT2D eigenvalue weighted by molar-refractivity contribution is -0.121. The average Bonchev–Trinajstić information content (AvgIpc) is 3.39. The van der Waals surface area contributed by atoms with E-state index in [2.05, 4.69) is 21.3 Å². The fourth-order valence-corrected chi connectivity index (χ4v) is 4.83. The molecule has 0 aliphatic carbocycles. The van der Waals surface area contributed by atoms with E-state index in [0.717, 1.165) is 29.5 Å². The third kappa shape index (κ3) is 4.07. The van der Waals surface area contributed by atoms with Crippen LogP contribution >= 0.6 is 0 Å². The molecule has 0 radical (unpaired) electrons. The van der Waals surface area contributed by atoms with Crippen LogP contribution in [0.3, 0.4) is 0 Å². The number of hydrogen-bond donors (Lipinski definition) is 1. The molecule has 2 fully saturated rings. The van der Waals surface area contributed by atoms with Crippen LogP contribution in [0.4, 0.5) is 11.4 Å². The van der Waals surface area contributed by atoms with Crippen molar-refractivity contribution in [3.63, 3.8) is 0 Å². The quantitative estimate of drug-likeness (QED) is 0.665. The minimum absolute atomic E-state index is 0.00553. The smallest absolute Gasteiger partial charge is 0.289 e. The monoisotopic (exact) mass is 432 g/mol. The maximum absolute atomic E-state index is 13.0. The largest absolute Gasteiger partial charge is 0.459 e. The lowest BCUT2D eigenvalue weighted by Gasteiger charge is -2.31. The summed E-state index contributed by atoms with van der Waals surface area (Å²) in [7, 11) is 0. The van der Waals surface area contributed by atoms with Crippen molar-refractivity contribution in [1.29, 1.82) is 0 Å². The molecule has 7 heteroatoms. The number of furan rings is 1. The lowest BCUT2D eigenvalue weighted by Crippen LogP contribution is -2.41. The van der Waals surface area contributed by atoms with E-state index in [9.17, 15) is 9.59 Å². The Bertz CT molecular complexity index is 1100. The number of hydrogen-bond acceptors (Lipinski definition) is 5. The molecule has 2 aromatic heterocycles. The molecule has 1 aromatic carbocycles. The number of nitrogens with one attached hydrogen (secondary N) is 1. The van der Waals surface area contributed by atoms with Crippen LogP contribution in [-0.4, -0.2) is 47.9 Å². The van der Waals surface area contributed by atoms with Gasteiger partial charge in [-0.05, 0) is 62.4 Å². The zero-order valence-electron chi connectivity index (χ0n) is 18.1. The SMILES string of the molecule is O=C(Nc1ccc(N2CCCCC2)c2ccncc12)C1CCN(C(=O)c2ccco2)CC1. The maximum atomic E-state index is 13.0. The zero-order valence-corrected chi connectivity index (χ0v) is 18.1. The van der Waals surface area contributed by atoms with Crippen molar-refractivity contribution >= 4 is 34.0 Å². The molecule has 2 saturated heterocycles. The molecule has 0 saturated carbocycles. The van der Waals surface area contributed by atoms with Crippen molar-refractivity contribution in [1.82, 2.24) is 9.88 Å². The molecule has 32 heavy (non-hydrogen) atoms. The van der Waals surface area contributed by atoms with Gasteiger partial charge in [-0.3, -0.25) is 14.6 Å². The fourth-order valence-electron chi connectivity index (χ4n) is 4.83. The number of carbonyl (C=O) groups excluding carboxylic acids is 2. The number of benzene rings is 1. The Morgan fingerprint density at radius 1 is 0.969 bits per heavy atom. The predicted molar refractivity (Wildman–Crippen MR) is 124 cm³/mol. The van der Waals surface area contributed by atoms with Crippen LogP contribution in [0.2, 0.25) is 0 Å². The Morgan fingerprint density at radius 2 is 1.78 bits per heavy atom. The van der Waals surface area contributed by atoms with Crippen molar-refractivity contribution in [2.45, 2.75) is 32.1 Å². The van der Waals surface area contributed by atoms with Crippen LogP contribution in [-0.2, 0) is 4.79 Å². The van der Waals surface area contributed by atoms with Gasteiger partial charge < -0.3 is 19.5 Å². The number of anilines is 2. The van der Waals surface area contributed by atoms with Crippen LogP contribution in [0.25, 0.3) is 10.8 Å². The molecule has 2 aliphatic rings. The van der Waals surface area contributed by atoms with Crippen molar-refractivity contribution < 1.29 is 14.0 Å². The van der Waals surface area contributed by atoms with Gasteiger partial charge in [-0.25, -0.2) is 0 Å². The Balaban J connectivity index is 1.28. The lowest BCUT2D eigenvalue weighted by atomic mass is 9.95. The van der Waals surface area contributed by atoms with Crippen LogP contribution in [0.1, 0.15) is 42.7 Å². The van der Waals surface area contributed by atoms with Gasteiger partial charge >= 0.3 is 0 Å². The number of carbonyl (C=O) groups is 2. The molecule has 5 rings (SSSR count). The highest BCUT2D eigenvalue weighted by Crippen LogP contribution is 2.34. The number of rotatable bonds is 4. The van der Waals surface area contributed by atoms with E-state index in [4.69, 9.17) is 4.42 Å². The van der Waals surface area contributed by atoms with Gasteiger partial charge in [0.2, 0.25) is 5.91 Å². The summed E-state index contributed by atoms with van der Waals surface area (Å²) in [6.45, 7) is 3.23. The summed E-state index contributed by atoms with van der Waals surface area (Å²) < 4.78 is 5.22. The van der Waals surface area contributed by atoms with Gasteiger partial charge in [0.15, 0.2) is 5.76 Å². The van der Waals surface area contributed by atoms with Gasteiger partial charge in [-0.2, -0.15) is 0 Å². The molecule has 3 aromatic rings. The van der Waals surface area contributed by atoms with Gasteiger partial charge in [0.1, 0.15) is 0 Å². The highest BCUT2D eigenvalue weighted by molar-refractivity contribution is 6.07. The number of nitrogens with zero attached hydrogens (tertiary/aromatic N) is 3. The number of aromatic nitrogens is 1. The first-order valence-electron chi connectivity index (χ1n) is 11.5. The van der Waals surface area contributed by atoms with Gasteiger partial charge in [-0.1, -0.05) is 0 Å². The molecule has 2 aliphatic heterocycles. The summed E-state index contributed by atoms with van der Waals surface area (Å²) in [6, 6.07) is 9.54. The van der Waals surface area contributed by atoms with Gasteiger partial charge in [0, 0.05) is 61.0 Å². The van der Waals surface area contributed by atoms with Crippen LogP contribution in [0, 0.1) is 5.92 Å². The van der Waals surface area contributed by atoms with E-state index in [1.807, 2.05) is 24.5 Å². The third-order valence-corrected chi connectivity index (χ3v) is 6.63. The average molecular weight is 433 g/mol. The topological polar surface area (TPSA) is 78.7 Å². The van der Waals surface area contributed by atoms with E-state index < -0.39 is 0 Å². The van der Waals surface area contributed by atoms with Gasteiger partial charge in [-0.15, -0.1) is 0 Å². The number of piperidine rings is 2.